The van der Waals surface area contributed by atoms with Crippen molar-refractivity contribution in [2.45, 2.75) is 0 Å². The van der Waals surface area contributed by atoms with Gasteiger partial charge in [-0.2, -0.15) is 0 Å². The molecule has 5 heterocycles. The van der Waals surface area contributed by atoms with Gasteiger partial charge in [-0.15, -0.1) is 22.7 Å². The zero-order chi connectivity index (χ0) is 29.9. The Morgan fingerprint density at radius 1 is 0.578 bits per heavy atom. The summed E-state index contributed by atoms with van der Waals surface area (Å²) in [6, 6.07) is 43.4. The van der Waals surface area contributed by atoms with Crippen LogP contribution >= 0.6 is 22.7 Å². The number of imidazole rings is 1. The van der Waals surface area contributed by atoms with Crippen molar-refractivity contribution in [3.8, 4) is 49.2 Å². The lowest BCUT2D eigenvalue weighted by molar-refractivity contribution is 0.959. The lowest BCUT2D eigenvalue weighted by Crippen LogP contribution is -1.99. The van der Waals surface area contributed by atoms with Crippen LogP contribution in [-0.2, 0) is 7.05 Å². The number of aromatic nitrogens is 4. The Balaban J connectivity index is 1.29. The van der Waals surface area contributed by atoms with Gasteiger partial charge in [-0.3, -0.25) is 4.98 Å². The maximum Gasteiger partial charge on any atom is 0.140 e. The third-order valence-electron chi connectivity index (χ3n) is 8.61. The fourth-order valence-electron chi connectivity index (χ4n) is 6.44. The van der Waals surface area contributed by atoms with Gasteiger partial charge in [-0.05, 0) is 65.4 Å². The maximum absolute atomic E-state index is 5.03. The van der Waals surface area contributed by atoms with E-state index in [1.807, 2.05) is 12.3 Å². The van der Waals surface area contributed by atoms with Gasteiger partial charge >= 0.3 is 0 Å². The van der Waals surface area contributed by atoms with Gasteiger partial charge < -0.3 is 9.13 Å². The Labute approximate surface area is 268 Å². The van der Waals surface area contributed by atoms with E-state index in [9.17, 15) is 0 Å². The van der Waals surface area contributed by atoms with Crippen LogP contribution in [-0.4, -0.2) is 19.1 Å². The number of aryl methyl sites for hydroxylation is 1. The molecular weight excluding hydrogens is 589 g/mol. The number of hydrogen-bond acceptors (Lipinski definition) is 4. The van der Waals surface area contributed by atoms with Crippen LogP contribution in [0.4, 0.5) is 0 Å². The molecule has 0 unspecified atom stereocenters. The molecular formula is C39H26N4S2. The smallest absolute Gasteiger partial charge is 0.140 e. The van der Waals surface area contributed by atoms with Crippen LogP contribution in [0.2, 0.25) is 0 Å². The molecule has 6 heteroatoms. The number of nitrogens with zero attached hydrogens (tertiary/aromatic N) is 4. The molecule has 4 aromatic carbocycles. The number of para-hydroxylation sites is 3. The first-order valence-corrected chi connectivity index (χ1v) is 16.6. The van der Waals surface area contributed by atoms with Crippen LogP contribution < -0.4 is 0 Å². The van der Waals surface area contributed by atoms with Crippen LogP contribution in [0.15, 0.2) is 138 Å². The highest BCUT2D eigenvalue weighted by Gasteiger charge is 2.19. The Bertz CT molecular complexity index is 2480. The van der Waals surface area contributed by atoms with Crippen LogP contribution in [0.5, 0.6) is 0 Å². The minimum Gasteiger partial charge on any atom is -0.327 e. The van der Waals surface area contributed by atoms with E-state index in [4.69, 9.17) is 9.97 Å². The van der Waals surface area contributed by atoms with Gasteiger partial charge in [0.15, 0.2) is 0 Å². The first-order chi connectivity index (χ1) is 22.2. The maximum atomic E-state index is 5.03. The molecule has 45 heavy (non-hydrogen) atoms. The first kappa shape index (κ1) is 26.1. The highest BCUT2D eigenvalue weighted by molar-refractivity contribution is 7.13. The monoisotopic (exact) mass is 614 g/mol. The van der Waals surface area contributed by atoms with Crippen molar-refractivity contribution < 1.29 is 0 Å². The quantitative estimate of drug-likeness (QED) is 0.193. The van der Waals surface area contributed by atoms with E-state index in [1.165, 1.54) is 31.6 Å². The second kappa shape index (κ2) is 10.4. The second-order valence-corrected chi connectivity index (χ2v) is 13.1. The average Bonchev–Trinajstić information content (AvgIpc) is 3.91. The van der Waals surface area contributed by atoms with Crippen LogP contribution in [0.1, 0.15) is 0 Å². The van der Waals surface area contributed by atoms with Gasteiger partial charge in [0.1, 0.15) is 5.82 Å². The summed E-state index contributed by atoms with van der Waals surface area (Å²) in [4.78, 5) is 12.4. The fourth-order valence-corrected chi connectivity index (χ4v) is 7.92. The third-order valence-corrected chi connectivity index (χ3v) is 10.4. The van der Waals surface area contributed by atoms with E-state index < -0.39 is 0 Å². The van der Waals surface area contributed by atoms with Crippen molar-refractivity contribution in [1.82, 2.24) is 19.1 Å². The van der Waals surface area contributed by atoms with E-state index in [2.05, 4.69) is 142 Å². The molecule has 0 saturated heterocycles. The predicted molar refractivity (Wildman–Crippen MR) is 190 cm³/mol. The topological polar surface area (TPSA) is 35.6 Å². The summed E-state index contributed by atoms with van der Waals surface area (Å²) >= 11 is 3.50. The molecule has 9 rings (SSSR count). The molecule has 0 saturated carbocycles. The third kappa shape index (κ3) is 4.25. The number of pyridine rings is 1. The molecule has 4 nitrogen and oxygen atoms in total. The highest BCUT2D eigenvalue weighted by atomic mass is 32.1. The van der Waals surface area contributed by atoms with Crippen molar-refractivity contribution in [1.29, 1.82) is 0 Å². The highest BCUT2D eigenvalue weighted by Crippen LogP contribution is 2.40. The number of rotatable bonds is 5. The van der Waals surface area contributed by atoms with E-state index in [0.29, 0.717) is 0 Å². The Kier molecular flexibility index (Phi) is 6.04. The molecule has 0 spiro atoms. The molecule has 0 aliphatic heterocycles. The van der Waals surface area contributed by atoms with Gasteiger partial charge in [0.2, 0.25) is 0 Å². The molecule has 0 N–H and O–H groups in total. The average molecular weight is 615 g/mol. The van der Waals surface area contributed by atoms with Crippen LogP contribution in [0.3, 0.4) is 0 Å². The SMILES string of the molecule is Cn1c(-c2ccc3c4ccccc4n(-c4cc(-c5ccc(-c6cccs6)cn5)ccc4-c4cccs4)c3c2)nc2ccccc21. The van der Waals surface area contributed by atoms with Crippen molar-refractivity contribution >= 4 is 55.5 Å². The predicted octanol–water partition coefficient (Wildman–Crippen LogP) is 10.9. The molecule has 9 aromatic rings. The van der Waals surface area contributed by atoms with Gasteiger partial charge in [0.05, 0.1) is 33.4 Å². The summed E-state index contributed by atoms with van der Waals surface area (Å²) in [6.45, 7) is 0. The second-order valence-electron chi connectivity index (χ2n) is 11.2. The van der Waals surface area contributed by atoms with Crippen LogP contribution in [0.25, 0.3) is 82.1 Å². The van der Waals surface area contributed by atoms with Gasteiger partial charge in [-0.1, -0.05) is 66.7 Å². The molecule has 0 aliphatic carbocycles. The zero-order valence-electron chi connectivity index (χ0n) is 24.4. The Morgan fingerprint density at radius 3 is 2.09 bits per heavy atom. The summed E-state index contributed by atoms with van der Waals surface area (Å²) in [7, 11) is 2.10. The molecule has 0 atom stereocenters. The summed E-state index contributed by atoms with van der Waals surface area (Å²) in [5, 5.41) is 6.69. The summed E-state index contributed by atoms with van der Waals surface area (Å²) in [6.07, 6.45) is 1.98. The van der Waals surface area contributed by atoms with Crippen molar-refractivity contribution in [2.75, 3.05) is 0 Å². The van der Waals surface area contributed by atoms with Crippen molar-refractivity contribution in [3.63, 3.8) is 0 Å². The molecule has 0 amide bonds. The first-order valence-electron chi connectivity index (χ1n) is 14.9. The number of fused-ring (bicyclic) bond motifs is 4. The van der Waals surface area contributed by atoms with E-state index in [0.717, 1.165) is 50.4 Å². The molecule has 5 aromatic heterocycles. The Morgan fingerprint density at radius 2 is 1.31 bits per heavy atom. The lowest BCUT2D eigenvalue weighted by Gasteiger charge is -2.15. The molecule has 0 aliphatic rings. The van der Waals surface area contributed by atoms with Gasteiger partial charge in [0.25, 0.3) is 0 Å². The van der Waals surface area contributed by atoms with E-state index >= 15 is 0 Å². The van der Waals surface area contributed by atoms with Gasteiger partial charge in [-0.25, -0.2) is 4.98 Å². The minimum absolute atomic E-state index is 0.954. The number of benzene rings is 4. The molecule has 214 valence electrons. The normalized spacial score (nSPS) is 11.7. The lowest BCUT2D eigenvalue weighted by atomic mass is 10.0. The summed E-state index contributed by atoms with van der Waals surface area (Å²) in [5.41, 5.74) is 11.0. The van der Waals surface area contributed by atoms with Crippen LogP contribution in [0, 0.1) is 0 Å². The summed E-state index contributed by atoms with van der Waals surface area (Å²) in [5.74, 6) is 0.956. The molecule has 0 bridgehead atoms. The Hall–Kier alpha value is -5.30. The molecule has 0 fully saturated rings. The fraction of sp³-hybridized carbons (Fsp3) is 0.0256. The van der Waals surface area contributed by atoms with Gasteiger partial charge in [0, 0.05) is 56.0 Å². The van der Waals surface area contributed by atoms with Crippen molar-refractivity contribution in [3.05, 3.63) is 138 Å². The minimum atomic E-state index is 0.954. The largest absolute Gasteiger partial charge is 0.327 e. The number of thiophene rings is 2. The summed E-state index contributed by atoms with van der Waals surface area (Å²) < 4.78 is 4.61. The van der Waals surface area contributed by atoms with Crippen molar-refractivity contribution in [2.24, 2.45) is 7.05 Å². The molecule has 0 radical (unpaired) electrons. The standard InChI is InChI=1S/C39H26N4S2/c1-42-34-11-5-3-9-32(34)41-39(42)26-15-17-29-28-8-2-4-10-33(28)43(35(29)23-26)36-22-25(14-18-30(36)38-13-7-21-45-38)31-19-16-27(24-40-31)37-12-6-20-44-37/h2-24H,1H3. The van der Waals surface area contributed by atoms with E-state index in [-0.39, 0.29) is 0 Å². The van der Waals surface area contributed by atoms with E-state index in [1.54, 1.807) is 22.7 Å². The zero-order valence-corrected chi connectivity index (χ0v) is 26.0. The number of hydrogen-bond donors (Lipinski definition) is 0.